The van der Waals surface area contributed by atoms with Crippen molar-refractivity contribution in [2.75, 3.05) is 5.32 Å². The number of carbonyl (C=O) groups excluding carboxylic acids is 2. The zero-order valence-electron chi connectivity index (χ0n) is 20.1. The van der Waals surface area contributed by atoms with Crippen molar-refractivity contribution >= 4 is 62.6 Å². The number of hydrogen-bond acceptors (Lipinski definition) is 5. The normalized spacial score (nSPS) is 11.6. The molecular weight excluding hydrogens is 616 g/mol. The Morgan fingerprint density at radius 2 is 1.85 bits per heavy atom. The van der Waals surface area contributed by atoms with Crippen molar-refractivity contribution in [3.63, 3.8) is 0 Å². The number of rotatable bonds is 8. The predicted molar refractivity (Wildman–Crippen MR) is 147 cm³/mol. The first-order valence-corrected chi connectivity index (χ1v) is 12.8. The average Bonchev–Trinajstić information content (AvgIpc) is 3.27. The maximum Gasteiger partial charge on any atom is 0.326 e. The number of aryl methyl sites for hydroxylation is 1. The van der Waals surface area contributed by atoms with Gasteiger partial charge in [0.15, 0.2) is 5.82 Å². The number of nitrogens with zero attached hydrogens (tertiary/aromatic N) is 3. The van der Waals surface area contributed by atoms with E-state index in [0.717, 1.165) is 0 Å². The van der Waals surface area contributed by atoms with Crippen LogP contribution in [-0.2, 0) is 11.2 Å². The number of carboxylic acids is 1. The van der Waals surface area contributed by atoms with Crippen LogP contribution in [0.15, 0.2) is 65.4 Å². The quantitative estimate of drug-likeness (QED) is 0.236. The van der Waals surface area contributed by atoms with Gasteiger partial charge in [0.1, 0.15) is 22.2 Å². The second-order valence-corrected chi connectivity index (χ2v) is 9.99. The van der Waals surface area contributed by atoms with Crippen LogP contribution < -0.4 is 10.6 Å². The van der Waals surface area contributed by atoms with E-state index in [4.69, 9.17) is 23.2 Å². The average molecular weight is 635 g/mol. The number of pyridine rings is 1. The number of carbonyl (C=O) groups is 3. The molecule has 0 saturated carbocycles. The molecule has 0 aliphatic rings. The number of aromatic nitrogens is 3. The lowest BCUT2D eigenvalue weighted by Gasteiger charge is -2.18. The highest BCUT2D eigenvalue weighted by molar-refractivity contribution is 9.10. The lowest BCUT2D eigenvalue weighted by atomic mass is 10.0. The van der Waals surface area contributed by atoms with Crippen LogP contribution in [0.4, 0.5) is 10.1 Å². The molecule has 1 unspecified atom stereocenters. The molecule has 2 heterocycles. The third-order valence-corrected chi connectivity index (χ3v) is 6.52. The van der Waals surface area contributed by atoms with E-state index in [0.29, 0.717) is 10.2 Å². The van der Waals surface area contributed by atoms with Crippen molar-refractivity contribution in [2.45, 2.75) is 19.4 Å². The summed E-state index contributed by atoms with van der Waals surface area (Å²) in [7, 11) is 0. The zero-order valence-corrected chi connectivity index (χ0v) is 23.2. The van der Waals surface area contributed by atoms with Crippen molar-refractivity contribution in [3.05, 3.63) is 104 Å². The van der Waals surface area contributed by atoms with Crippen LogP contribution in [0.5, 0.6) is 0 Å². The van der Waals surface area contributed by atoms with Crippen LogP contribution in [-0.4, -0.2) is 43.7 Å². The van der Waals surface area contributed by atoms with E-state index in [9.17, 15) is 23.9 Å². The van der Waals surface area contributed by atoms with Crippen molar-refractivity contribution in [2.24, 2.45) is 0 Å². The highest BCUT2D eigenvalue weighted by atomic mass is 79.9. The van der Waals surface area contributed by atoms with Crippen LogP contribution in [0.3, 0.4) is 0 Å². The SMILES string of the molecule is Cc1cc(Cl)cc(C(=O)NC(Cc2ccccc2F)C(=O)O)c1NC(=O)c1cc(Br)nn1-c1ncccc1Cl. The van der Waals surface area contributed by atoms with Gasteiger partial charge in [-0.2, -0.15) is 5.10 Å². The fourth-order valence-corrected chi connectivity index (χ4v) is 4.64. The maximum absolute atomic E-state index is 14.1. The van der Waals surface area contributed by atoms with Gasteiger partial charge in [-0.25, -0.2) is 18.9 Å². The largest absolute Gasteiger partial charge is 0.480 e. The number of carboxylic acid groups (broad SMARTS) is 1. The molecule has 13 heteroatoms. The van der Waals surface area contributed by atoms with E-state index in [-0.39, 0.29) is 44.8 Å². The Bertz CT molecular complexity index is 1600. The van der Waals surface area contributed by atoms with E-state index in [2.05, 4.69) is 36.6 Å². The molecule has 3 N–H and O–H groups in total. The van der Waals surface area contributed by atoms with Gasteiger partial charge < -0.3 is 15.7 Å². The van der Waals surface area contributed by atoms with Crippen LogP contribution in [0.1, 0.15) is 32.0 Å². The first-order chi connectivity index (χ1) is 18.5. The molecule has 0 aliphatic carbocycles. The lowest BCUT2D eigenvalue weighted by Crippen LogP contribution is -2.42. The van der Waals surface area contributed by atoms with Crippen LogP contribution >= 0.6 is 39.1 Å². The summed E-state index contributed by atoms with van der Waals surface area (Å²) in [4.78, 5) is 42.8. The maximum atomic E-state index is 14.1. The highest BCUT2D eigenvalue weighted by Crippen LogP contribution is 2.28. The lowest BCUT2D eigenvalue weighted by molar-refractivity contribution is -0.139. The standard InChI is InChI=1S/C26H19BrCl2FN5O4/c1-13-9-15(28)11-16(24(36)32-19(26(38)39)10-14-5-2-3-7-18(14)30)22(13)33-25(37)20-12-21(27)34-35(20)23-17(29)6-4-8-31-23/h2-9,11-12,19H,10H2,1H3,(H,32,36)(H,33,37)(H,38,39). The summed E-state index contributed by atoms with van der Waals surface area (Å²) >= 11 is 15.7. The fourth-order valence-electron chi connectivity index (χ4n) is 3.79. The molecule has 1 atom stereocenters. The van der Waals surface area contributed by atoms with Crippen molar-refractivity contribution < 1.29 is 23.9 Å². The minimum Gasteiger partial charge on any atom is -0.480 e. The Hall–Kier alpha value is -3.80. The molecule has 2 aromatic heterocycles. The van der Waals surface area contributed by atoms with Gasteiger partial charge in [-0.15, -0.1) is 0 Å². The van der Waals surface area contributed by atoms with Gasteiger partial charge in [0.05, 0.1) is 16.3 Å². The molecular formula is C26H19BrCl2FN5O4. The van der Waals surface area contributed by atoms with Gasteiger partial charge in [-0.05, 0) is 64.3 Å². The number of hydrogen-bond donors (Lipinski definition) is 3. The number of nitrogens with one attached hydrogen (secondary N) is 2. The van der Waals surface area contributed by atoms with Gasteiger partial charge in [-0.3, -0.25) is 9.59 Å². The van der Waals surface area contributed by atoms with Crippen molar-refractivity contribution in [3.8, 4) is 5.82 Å². The molecule has 4 rings (SSSR count). The smallest absolute Gasteiger partial charge is 0.326 e. The number of aliphatic carboxylic acids is 1. The number of benzene rings is 2. The van der Waals surface area contributed by atoms with Crippen molar-refractivity contribution in [1.29, 1.82) is 0 Å². The summed E-state index contributed by atoms with van der Waals surface area (Å²) in [5, 5.41) is 19.4. The molecule has 39 heavy (non-hydrogen) atoms. The fraction of sp³-hybridized carbons (Fsp3) is 0.115. The second kappa shape index (κ2) is 11.9. The molecule has 0 spiro atoms. The molecule has 200 valence electrons. The Labute approximate surface area is 240 Å². The third-order valence-electron chi connectivity index (χ3n) is 5.62. The van der Waals surface area contributed by atoms with E-state index >= 15 is 0 Å². The van der Waals surface area contributed by atoms with Gasteiger partial charge in [0, 0.05) is 23.7 Å². The van der Waals surface area contributed by atoms with E-state index in [1.807, 2.05) is 0 Å². The van der Waals surface area contributed by atoms with E-state index in [1.165, 1.54) is 47.3 Å². The van der Waals surface area contributed by atoms with Crippen LogP contribution in [0.2, 0.25) is 10.0 Å². The summed E-state index contributed by atoms with van der Waals surface area (Å²) in [5.74, 6) is -3.24. The van der Waals surface area contributed by atoms with Gasteiger partial charge >= 0.3 is 5.97 Å². The number of halogens is 4. The van der Waals surface area contributed by atoms with Crippen LogP contribution in [0, 0.1) is 12.7 Å². The summed E-state index contributed by atoms with van der Waals surface area (Å²) < 4.78 is 15.7. The predicted octanol–water partition coefficient (Wildman–Crippen LogP) is 5.46. The molecule has 0 fully saturated rings. The summed E-state index contributed by atoms with van der Waals surface area (Å²) in [6, 6.07) is 11.7. The summed E-state index contributed by atoms with van der Waals surface area (Å²) in [6.45, 7) is 1.62. The molecule has 2 aromatic carbocycles. The van der Waals surface area contributed by atoms with Gasteiger partial charge in [0.2, 0.25) is 0 Å². The molecule has 2 amide bonds. The Morgan fingerprint density at radius 3 is 2.54 bits per heavy atom. The zero-order chi connectivity index (χ0) is 28.3. The highest BCUT2D eigenvalue weighted by Gasteiger charge is 2.26. The number of amides is 2. The first-order valence-electron chi connectivity index (χ1n) is 11.3. The Kier molecular flexibility index (Phi) is 8.63. The third kappa shape index (κ3) is 6.44. The second-order valence-electron chi connectivity index (χ2n) is 8.33. The van der Waals surface area contributed by atoms with Gasteiger partial charge in [-0.1, -0.05) is 41.4 Å². The first kappa shape index (κ1) is 28.2. The molecule has 0 bridgehead atoms. The molecule has 9 nitrogen and oxygen atoms in total. The molecule has 0 radical (unpaired) electrons. The monoisotopic (exact) mass is 633 g/mol. The van der Waals surface area contributed by atoms with E-state index < -0.39 is 29.6 Å². The topological polar surface area (TPSA) is 126 Å². The molecule has 0 aliphatic heterocycles. The summed E-state index contributed by atoms with van der Waals surface area (Å²) in [5.41, 5.74) is 0.601. The number of anilines is 1. The van der Waals surface area contributed by atoms with Gasteiger partial charge in [0.25, 0.3) is 11.8 Å². The van der Waals surface area contributed by atoms with Crippen LogP contribution in [0.25, 0.3) is 5.82 Å². The molecule has 0 saturated heterocycles. The Morgan fingerprint density at radius 1 is 1.10 bits per heavy atom. The van der Waals surface area contributed by atoms with E-state index in [1.54, 1.807) is 25.1 Å². The molecule has 4 aromatic rings. The minimum atomic E-state index is -1.46. The Balaban J connectivity index is 1.65. The minimum absolute atomic E-state index is 0.0474. The summed E-state index contributed by atoms with van der Waals surface area (Å²) in [6.07, 6.45) is 1.19. The van der Waals surface area contributed by atoms with Crippen molar-refractivity contribution in [1.82, 2.24) is 20.1 Å².